The summed E-state index contributed by atoms with van der Waals surface area (Å²) in [4.78, 5) is 1.25. The van der Waals surface area contributed by atoms with Crippen LogP contribution in [0.3, 0.4) is 0 Å². The van der Waals surface area contributed by atoms with E-state index in [-0.39, 0.29) is 6.10 Å². The lowest BCUT2D eigenvalue weighted by molar-refractivity contribution is 0.0366. The molecule has 0 saturated carbocycles. The van der Waals surface area contributed by atoms with Crippen molar-refractivity contribution in [3.8, 4) is 5.75 Å². The molecule has 0 amide bonds. The van der Waals surface area contributed by atoms with Gasteiger partial charge in [-0.1, -0.05) is 30.3 Å². The molecule has 0 aromatic heterocycles. The van der Waals surface area contributed by atoms with Crippen LogP contribution in [0.5, 0.6) is 5.75 Å². The van der Waals surface area contributed by atoms with E-state index in [2.05, 4.69) is 0 Å². The summed E-state index contributed by atoms with van der Waals surface area (Å²) in [6.45, 7) is 3.00. The number of sulfonamides is 1. The predicted octanol–water partition coefficient (Wildman–Crippen LogP) is 4.72. The number of anilines is 1. The number of fused-ring (bicyclic) bond motifs is 2. The molecule has 33 heavy (non-hydrogen) atoms. The summed E-state index contributed by atoms with van der Waals surface area (Å²) in [7, 11) is -3.69. The van der Waals surface area contributed by atoms with Gasteiger partial charge in [-0.2, -0.15) is 0 Å². The molecular formula is C25H27NO5S2. The van der Waals surface area contributed by atoms with Crippen LogP contribution < -0.4 is 9.04 Å². The molecule has 0 N–H and O–H groups in total. The van der Waals surface area contributed by atoms with Gasteiger partial charge >= 0.3 is 0 Å². The molecule has 6 nitrogen and oxygen atoms in total. The maximum atomic E-state index is 13.6. The number of rotatable bonds is 8. The van der Waals surface area contributed by atoms with Crippen molar-refractivity contribution in [1.82, 2.24) is 0 Å². The maximum absolute atomic E-state index is 13.6. The lowest BCUT2D eigenvalue weighted by atomic mass is 10.1. The second kappa shape index (κ2) is 9.93. The number of thioether (sulfide) groups is 1. The van der Waals surface area contributed by atoms with Crippen LogP contribution in [0.15, 0.2) is 70.5 Å². The molecular weight excluding hydrogens is 458 g/mol. The first-order valence-electron chi connectivity index (χ1n) is 11.2. The van der Waals surface area contributed by atoms with Gasteiger partial charge in [0.2, 0.25) is 0 Å². The van der Waals surface area contributed by atoms with Gasteiger partial charge in [-0.25, -0.2) is 8.42 Å². The standard InChI is InChI=1S/C25H27NO5S2/c27-33(28,23-8-6-19-4-1-2-5-20(19)16-23)26-11-15-32-25-9-7-21(17-24(25)26)30-12-3-13-31-22-10-14-29-18-22/h1-2,4-9,16-17,22H,3,10-15,18H2. The smallest absolute Gasteiger partial charge is 0.264 e. The van der Waals surface area contributed by atoms with E-state index in [1.807, 2.05) is 48.5 Å². The fourth-order valence-electron chi connectivity index (χ4n) is 4.11. The molecule has 2 heterocycles. The van der Waals surface area contributed by atoms with E-state index in [1.165, 1.54) is 4.31 Å². The minimum atomic E-state index is -3.69. The van der Waals surface area contributed by atoms with E-state index in [9.17, 15) is 8.42 Å². The Morgan fingerprint density at radius 1 is 1.03 bits per heavy atom. The van der Waals surface area contributed by atoms with Gasteiger partial charge in [0.05, 0.1) is 36.5 Å². The minimum Gasteiger partial charge on any atom is -0.493 e. The number of hydrogen-bond donors (Lipinski definition) is 0. The third-order valence-corrected chi connectivity index (χ3v) is 8.71. The highest BCUT2D eigenvalue weighted by atomic mass is 32.2. The zero-order valence-corrected chi connectivity index (χ0v) is 19.9. The van der Waals surface area contributed by atoms with Crippen molar-refractivity contribution < 1.29 is 22.6 Å². The molecule has 2 aliphatic rings. The summed E-state index contributed by atoms with van der Waals surface area (Å²) in [5, 5.41) is 1.93. The van der Waals surface area contributed by atoms with Crippen molar-refractivity contribution in [2.45, 2.75) is 28.7 Å². The highest BCUT2D eigenvalue weighted by molar-refractivity contribution is 8.00. The Labute approximate surface area is 198 Å². The molecule has 3 aromatic rings. The number of ether oxygens (including phenoxy) is 3. The second-order valence-electron chi connectivity index (χ2n) is 8.12. The van der Waals surface area contributed by atoms with E-state index < -0.39 is 10.0 Å². The molecule has 1 atom stereocenters. The van der Waals surface area contributed by atoms with Gasteiger partial charge in [-0.15, -0.1) is 11.8 Å². The Hall–Kier alpha value is -2.26. The van der Waals surface area contributed by atoms with Crippen molar-refractivity contribution >= 4 is 38.2 Å². The monoisotopic (exact) mass is 485 g/mol. The molecule has 2 aliphatic heterocycles. The highest BCUT2D eigenvalue weighted by Crippen LogP contribution is 2.40. The third-order valence-electron chi connectivity index (χ3n) is 5.86. The largest absolute Gasteiger partial charge is 0.493 e. The molecule has 5 rings (SSSR count). The molecule has 1 unspecified atom stereocenters. The molecule has 0 bridgehead atoms. The van der Waals surface area contributed by atoms with Crippen LogP contribution in [0.1, 0.15) is 12.8 Å². The average molecular weight is 486 g/mol. The summed E-state index contributed by atoms with van der Waals surface area (Å²) in [5.74, 6) is 1.38. The van der Waals surface area contributed by atoms with Crippen LogP contribution in [-0.4, -0.2) is 53.2 Å². The molecule has 1 fully saturated rings. The Morgan fingerprint density at radius 2 is 1.91 bits per heavy atom. The topological polar surface area (TPSA) is 65.1 Å². The Bertz CT molecular complexity index is 1220. The van der Waals surface area contributed by atoms with Gasteiger partial charge in [0.1, 0.15) is 5.75 Å². The quantitative estimate of drug-likeness (QED) is 0.431. The van der Waals surface area contributed by atoms with Crippen molar-refractivity contribution in [2.75, 3.05) is 43.0 Å². The van der Waals surface area contributed by atoms with Crippen LogP contribution in [0.2, 0.25) is 0 Å². The fourth-order valence-corrected chi connectivity index (χ4v) is 6.77. The summed E-state index contributed by atoms with van der Waals surface area (Å²) >= 11 is 1.67. The molecule has 1 saturated heterocycles. The first-order valence-corrected chi connectivity index (χ1v) is 13.6. The van der Waals surface area contributed by atoms with E-state index in [0.29, 0.717) is 48.5 Å². The highest BCUT2D eigenvalue weighted by Gasteiger charge is 2.30. The van der Waals surface area contributed by atoms with Crippen molar-refractivity contribution in [1.29, 1.82) is 0 Å². The third kappa shape index (κ3) is 4.99. The van der Waals surface area contributed by atoms with Crippen molar-refractivity contribution in [2.24, 2.45) is 0 Å². The van der Waals surface area contributed by atoms with Crippen LogP contribution in [0, 0.1) is 0 Å². The van der Waals surface area contributed by atoms with Crippen LogP contribution in [0.4, 0.5) is 5.69 Å². The maximum Gasteiger partial charge on any atom is 0.264 e. The van der Waals surface area contributed by atoms with E-state index in [0.717, 1.165) is 35.1 Å². The van der Waals surface area contributed by atoms with Crippen LogP contribution in [0.25, 0.3) is 10.8 Å². The van der Waals surface area contributed by atoms with E-state index in [1.54, 1.807) is 23.9 Å². The Balaban J connectivity index is 1.30. The van der Waals surface area contributed by atoms with Gasteiger partial charge in [-0.3, -0.25) is 4.31 Å². The van der Waals surface area contributed by atoms with Crippen molar-refractivity contribution in [3.05, 3.63) is 60.7 Å². The normalized spacial score (nSPS) is 18.4. The minimum absolute atomic E-state index is 0.194. The number of benzene rings is 3. The zero-order chi connectivity index (χ0) is 22.7. The zero-order valence-electron chi connectivity index (χ0n) is 18.3. The molecule has 3 aromatic carbocycles. The van der Waals surface area contributed by atoms with Gasteiger partial charge in [-0.05, 0) is 41.5 Å². The summed E-state index contributed by atoms with van der Waals surface area (Å²) in [5.41, 5.74) is 0.677. The SMILES string of the molecule is O=S(=O)(c1ccc2ccccc2c1)N1CCSc2ccc(OCCCOC3CCOC3)cc21. The summed E-state index contributed by atoms with van der Waals surface area (Å²) < 4.78 is 45.7. The molecule has 0 aliphatic carbocycles. The van der Waals surface area contributed by atoms with Gasteiger partial charge < -0.3 is 14.2 Å². The molecule has 0 spiro atoms. The second-order valence-corrected chi connectivity index (χ2v) is 11.1. The van der Waals surface area contributed by atoms with Crippen LogP contribution in [-0.2, 0) is 19.5 Å². The molecule has 0 radical (unpaired) electrons. The van der Waals surface area contributed by atoms with E-state index >= 15 is 0 Å². The van der Waals surface area contributed by atoms with Gasteiger partial charge in [0, 0.05) is 36.3 Å². The summed E-state index contributed by atoms with van der Waals surface area (Å²) in [6, 6.07) is 18.8. The molecule has 8 heteroatoms. The van der Waals surface area contributed by atoms with E-state index in [4.69, 9.17) is 14.2 Å². The first kappa shape index (κ1) is 22.5. The van der Waals surface area contributed by atoms with Gasteiger partial charge in [0.15, 0.2) is 0 Å². The lowest BCUT2D eigenvalue weighted by Crippen LogP contribution is -2.35. The Morgan fingerprint density at radius 3 is 2.76 bits per heavy atom. The van der Waals surface area contributed by atoms with Gasteiger partial charge in [0.25, 0.3) is 10.0 Å². The number of hydrogen-bond acceptors (Lipinski definition) is 6. The molecule has 174 valence electrons. The predicted molar refractivity (Wildman–Crippen MR) is 131 cm³/mol. The number of nitrogens with zero attached hydrogens (tertiary/aromatic N) is 1. The van der Waals surface area contributed by atoms with Crippen molar-refractivity contribution in [3.63, 3.8) is 0 Å². The average Bonchev–Trinajstić information content (AvgIpc) is 3.36. The Kier molecular flexibility index (Phi) is 6.78. The fraction of sp³-hybridized carbons (Fsp3) is 0.360. The lowest BCUT2D eigenvalue weighted by Gasteiger charge is -2.30. The summed E-state index contributed by atoms with van der Waals surface area (Å²) in [6.07, 6.45) is 1.91. The first-order chi connectivity index (χ1) is 16.1. The van der Waals surface area contributed by atoms with Crippen LogP contribution >= 0.6 is 11.8 Å².